The first-order chi connectivity index (χ1) is 12.6. The van der Waals surface area contributed by atoms with Gasteiger partial charge in [-0.15, -0.1) is 0 Å². The number of anilines is 1. The standard InChI is InChI=1S/C18H23N5O3/c1-13-4-3-5-14(10-13)11-16(24)19-12-15-20-17(22-18(21-15)25-2)23-6-8-26-9-7-23/h3-5,10H,6-9,11-12H2,1-2H3,(H,19,24). The number of amides is 1. The molecule has 0 unspecified atom stereocenters. The minimum absolute atomic E-state index is 0.0806. The third-order valence-electron chi connectivity index (χ3n) is 4.02. The van der Waals surface area contributed by atoms with Crippen molar-refractivity contribution < 1.29 is 14.3 Å². The van der Waals surface area contributed by atoms with Gasteiger partial charge in [0.25, 0.3) is 0 Å². The number of ether oxygens (including phenoxy) is 2. The fourth-order valence-electron chi connectivity index (χ4n) is 2.71. The molecule has 0 atom stereocenters. The molecule has 0 saturated carbocycles. The highest BCUT2D eigenvalue weighted by Gasteiger charge is 2.17. The number of carbonyl (C=O) groups excluding carboxylic acids is 1. The van der Waals surface area contributed by atoms with E-state index in [0.717, 1.165) is 11.1 Å². The van der Waals surface area contributed by atoms with Gasteiger partial charge in [-0.2, -0.15) is 15.0 Å². The predicted octanol–water partition coefficient (Wildman–Crippen LogP) is 0.884. The molecule has 1 fully saturated rings. The maximum Gasteiger partial charge on any atom is 0.321 e. The molecule has 1 N–H and O–H groups in total. The first-order valence-corrected chi connectivity index (χ1v) is 8.58. The lowest BCUT2D eigenvalue weighted by atomic mass is 10.1. The van der Waals surface area contributed by atoms with Crippen LogP contribution in [0.4, 0.5) is 5.95 Å². The van der Waals surface area contributed by atoms with E-state index in [9.17, 15) is 4.79 Å². The molecule has 8 heteroatoms. The highest BCUT2D eigenvalue weighted by atomic mass is 16.5. The summed E-state index contributed by atoms with van der Waals surface area (Å²) in [6, 6.07) is 8.14. The van der Waals surface area contributed by atoms with Gasteiger partial charge >= 0.3 is 6.01 Å². The van der Waals surface area contributed by atoms with Crippen molar-refractivity contribution in [1.82, 2.24) is 20.3 Å². The fourth-order valence-corrected chi connectivity index (χ4v) is 2.71. The normalized spacial score (nSPS) is 14.2. The van der Waals surface area contributed by atoms with Crippen LogP contribution in [0.1, 0.15) is 17.0 Å². The molecule has 0 aliphatic carbocycles. The highest BCUT2D eigenvalue weighted by Crippen LogP contribution is 2.14. The van der Waals surface area contributed by atoms with Crippen molar-refractivity contribution in [3.8, 4) is 6.01 Å². The summed E-state index contributed by atoms with van der Waals surface area (Å²) in [6.45, 7) is 4.93. The van der Waals surface area contributed by atoms with Gasteiger partial charge in [0.1, 0.15) is 0 Å². The number of aromatic nitrogens is 3. The van der Waals surface area contributed by atoms with Crippen LogP contribution >= 0.6 is 0 Å². The summed E-state index contributed by atoms with van der Waals surface area (Å²) in [5.41, 5.74) is 2.11. The van der Waals surface area contributed by atoms with E-state index in [1.165, 1.54) is 7.11 Å². The number of benzene rings is 1. The van der Waals surface area contributed by atoms with E-state index in [4.69, 9.17) is 9.47 Å². The molecule has 1 aromatic carbocycles. The molecule has 8 nitrogen and oxygen atoms in total. The van der Waals surface area contributed by atoms with E-state index < -0.39 is 0 Å². The molecule has 1 aliphatic heterocycles. The maximum absolute atomic E-state index is 12.2. The van der Waals surface area contributed by atoms with E-state index in [-0.39, 0.29) is 18.5 Å². The largest absolute Gasteiger partial charge is 0.467 e. The lowest BCUT2D eigenvalue weighted by molar-refractivity contribution is -0.120. The SMILES string of the molecule is COc1nc(CNC(=O)Cc2cccc(C)c2)nc(N2CCOCC2)n1. The summed E-state index contributed by atoms with van der Waals surface area (Å²) in [4.78, 5) is 27.2. The second-order valence-electron chi connectivity index (χ2n) is 6.08. The summed E-state index contributed by atoms with van der Waals surface area (Å²) in [6.07, 6.45) is 0.320. The predicted molar refractivity (Wildman–Crippen MR) is 96.1 cm³/mol. The molecule has 1 saturated heterocycles. The summed E-state index contributed by atoms with van der Waals surface area (Å²) < 4.78 is 10.5. The molecule has 2 aromatic rings. The van der Waals surface area contributed by atoms with Crippen molar-refractivity contribution >= 4 is 11.9 Å². The maximum atomic E-state index is 12.2. The first-order valence-electron chi connectivity index (χ1n) is 8.58. The van der Waals surface area contributed by atoms with Crippen molar-refractivity contribution in [3.05, 3.63) is 41.2 Å². The van der Waals surface area contributed by atoms with Gasteiger partial charge in [-0.25, -0.2) is 0 Å². The summed E-state index contributed by atoms with van der Waals surface area (Å²) in [7, 11) is 1.51. The summed E-state index contributed by atoms with van der Waals surface area (Å²) >= 11 is 0. The van der Waals surface area contributed by atoms with Gasteiger partial charge in [-0.1, -0.05) is 29.8 Å². The lowest BCUT2D eigenvalue weighted by Gasteiger charge is -2.26. The Morgan fingerprint density at radius 2 is 2.08 bits per heavy atom. The Bertz CT molecular complexity index is 762. The lowest BCUT2D eigenvalue weighted by Crippen LogP contribution is -2.37. The summed E-state index contributed by atoms with van der Waals surface area (Å²) in [5, 5.41) is 2.86. The van der Waals surface area contributed by atoms with Crippen LogP contribution in [0, 0.1) is 6.92 Å². The van der Waals surface area contributed by atoms with E-state index in [0.29, 0.717) is 44.5 Å². The van der Waals surface area contributed by atoms with Crippen molar-refractivity contribution in [2.24, 2.45) is 0 Å². The van der Waals surface area contributed by atoms with Crippen molar-refractivity contribution in [1.29, 1.82) is 0 Å². The zero-order chi connectivity index (χ0) is 18.4. The molecule has 0 radical (unpaired) electrons. The molecule has 1 aliphatic rings. The molecule has 0 spiro atoms. The zero-order valence-corrected chi connectivity index (χ0v) is 15.1. The first kappa shape index (κ1) is 18.1. The number of nitrogens with zero attached hydrogens (tertiary/aromatic N) is 4. The average Bonchev–Trinajstić information content (AvgIpc) is 2.67. The molecule has 0 bridgehead atoms. The molecule has 3 rings (SSSR count). The third kappa shape index (κ3) is 4.89. The van der Waals surface area contributed by atoms with Crippen LogP contribution in [0.3, 0.4) is 0 Å². The van der Waals surface area contributed by atoms with Crippen LogP contribution in [0.15, 0.2) is 24.3 Å². The van der Waals surface area contributed by atoms with Crippen LogP contribution in [-0.4, -0.2) is 54.3 Å². The van der Waals surface area contributed by atoms with Gasteiger partial charge in [0.05, 0.1) is 33.3 Å². The average molecular weight is 357 g/mol. The Balaban J connectivity index is 1.63. The number of nitrogens with one attached hydrogen (secondary N) is 1. The van der Waals surface area contributed by atoms with Crippen molar-refractivity contribution in [2.75, 3.05) is 38.3 Å². The van der Waals surface area contributed by atoms with Gasteiger partial charge in [-0.3, -0.25) is 4.79 Å². The second-order valence-corrected chi connectivity index (χ2v) is 6.08. The van der Waals surface area contributed by atoms with Gasteiger partial charge in [0, 0.05) is 13.1 Å². The Labute approximate surface area is 152 Å². The van der Waals surface area contributed by atoms with E-state index >= 15 is 0 Å². The number of methoxy groups -OCH3 is 1. The molecular weight excluding hydrogens is 334 g/mol. The van der Waals surface area contributed by atoms with Crippen LogP contribution < -0.4 is 15.0 Å². The van der Waals surface area contributed by atoms with Gasteiger partial charge < -0.3 is 19.7 Å². The Morgan fingerprint density at radius 3 is 2.81 bits per heavy atom. The number of carbonyl (C=O) groups is 1. The zero-order valence-electron chi connectivity index (χ0n) is 15.1. The Hall–Kier alpha value is -2.74. The number of morpholine rings is 1. The number of hydrogen-bond donors (Lipinski definition) is 1. The molecule has 138 valence electrons. The number of aryl methyl sites for hydroxylation is 1. The van der Waals surface area contributed by atoms with E-state index in [1.54, 1.807) is 0 Å². The topological polar surface area (TPSA) is 89.5 Å². The van der Waals surface area contributed by atoms with Gasteiger partial charge in [0.2, 0.25) is 11.9 Å². The molecule has 1 amide bonds. The van der Waals surface area contributed by atoms with E-state index in [1.807, 2.05) is 36.1 Å². The fraction of sp³-hybridized carbons (Fsp3) is 0.444. The van der Waals surface area contributed by atoms with Crippen LogP contribution in [0.2, 0.25) is 0 Å². The monoisotopic (exact) mass is 357 g/mol. The highest BCUT2D eigenvalue weighted by molar-refractivity contribution is 5.78. The minimum Gasteiger partial charge on any atom is -0.467 e. The van der Waals surface area contributed by atoms with Gasteiger partial charge in [0.15, 0.2) is 5.82 Å². The Morgan fingerprint density at radius 1 is 1.27 bits per heavy atom. The quantitative estimate of drug-likeness (QED) is 0.821. The van der Waals surface area contributed by atoms with Crippen LogP contribution in [-0.2, 0) is 22.5 Å². The van der Waals surface area contributed by atoms with Crippen LogP contribution in [0.25, 0.3) is 0 Å². The smallest absolute Gasteiger partial charge is 0.321 e. The number of rotatable bonds is 6. The second kappa shape index (κ2) is 8.57. The molecule has 26 heavy (non-hydrogen) atoms. The number of hydrogen-bond acceptors (Lipinski definition) is 7. The molecule has 1 aromatic heterocycles. The van der Waals surface area contributed by atoms with Crippen LogP contribution in [0.5, 0.6) is 6.01 Å². The van der Waals surface area contributed by atoms with Crippen molar-refractivity contribution in [3.63, 3.8) is 0 Å². The summed E-state index contributed by atoms with van der Waals surface area (Å²) in [5.74, 6) is 0.932. The molecular formula is C18H23N5O3. The molecule has 2 heterocycles. The van der Waals surface area contributed by atoms with Gasteiger partial charge in [-0.05, 0) is 12.5 Å². The van der Waals surface area contributed by atoms with E-state index in [2.05, 4.69) is 20.3 Å². The third-order valence-corrected chi connectivity index (χ3v) is 4.02. The minimum atomic E-state index is -0.0806. The van der Waals surface area contributed by atoms with Crippen molar-refractivity contribution in [2.45, 2.75) is 19.9 Å². The Kier molecular flexibility index (Phi) is 5.96.